The fourth-order valence-corrected chi connectivity index (χ4v) is 9.97. The van der Waals surface area contributed by atoms with Crippen molar-refractivity contribution in [1.82, 2.24) is 0 Å². The van der Waals surface area contributed by atoms with Crippen LogP contribution >= 0.6 is 0 Å². The van der Waals surface area contributed by atoms with E-state index in [9.17, 15) is 71.5 Å². The molecule has 14 nitrogen and oxygen atoms in total. The molecule has 0 saturated heterocycles. The maximum absolute atomic E-state index is 11.5. The summed E-state index contributed by atoms with van der Waals surface area (Å²) in [5, 5.41) is 143. The molecule has 0 heterocycles. The average Bonchev–Trinajstić information content (AvgIpc) is 3.39. The van der Waals surface area contributed by atoms with Crippen LogP contribution in [0.4, 0.5) is 0 Å². The smallest absolute Gasteiger partial charge is 0.200 e. The highest BCUT2D eigenvalue weighted by Gasteiger charge is 2.26. The second kappa shape index (κ2) is 23.4. The molecule has 0 saturated carbocycles. The summed E-state index contributed by atoms with van der Waals surface area (Å²) in [6.45, 7) is 0. The van der Waals surface area contributed by atoms with Gasteiger partial charge in [-0.25, -0.2) is 0 Å². The van der Waals surface area contributed by atoms with E-state index >= 15 is 0 Å². The molecule has 0 unspecified atom stereocenters. The number of rotatable bonds is 21. The highest BCUT2D eigenvalue weighted by molar-refractivity contribution is 5.54. The standard InChI is InChI=1S/C62H62O14/c63-49-25-38(12-18-45(49)20-14-42-31-55(69)61(75)56(70)32-42)23-47(22-11-36-3-1-35(2-4-36)5-7-40-27-51(65)59(73)52(66)28-40)48(44-16-9-37(10-17-44)6-8-41-29-53(67)60(74)54(68)30-41)24-39-13-19-46(50(64)26-39)21-15-43-33-57(71)62(76)58(72)34-43/h1-4,9-10,12-13,16-19,25-34,47-48,63-76H,5-8,11,14-15,20-24H2/t47-,48+/m1/s1. The molecule has 0 aliphatic rings. The van der Waals surface area contributed by atoms with Gasteiger partial charge in [-0.1, -0.05) is 72.8 Å². The third-order valence-corrected chi connectivity index (χ3v) is 14.3. The molecule has 0 spiro atoms. The first kappa shape index (κ1) is 53.3. The second-order valence-corrected chi connectivity index (χ2v) is 19.7. The van der Waals surface area contributed by atoms with Crippen molar-refractivity contribution in [3.05, 3.63) is 200 Å². The predicted octanol–water partition coefficient (Wildman–Crippen LogP) is 10.5. The van der Waals surface area contributed by atoms with E-state index in [1.54, 1.807) is 12.1 Å². The van der Waals surface area contributed by atoms with Gasteiger partial charge in [0, 0.05) is 0 Å². The molecule has 0 bridgehead atoms. The number of aromatic hydroxyl groups is 14. The van der Waals surface area contributed by atoms with Crippen LogP contribution in [-0.2, 0) is 70.6 Å². The van der Waals surface area contributed by atoms with Crippen LogP contribution in [0.1, 0.15) is 79.1 Å². The van der Waals surface area contributed by atoms with Gasteiger partial charge < -0.3 is 71.5 Å². The minimum atomic E-state index is -0.599. The second-order valence-electron chi connectivity index (χ2n) is 19.7. The number of aryl methyl sites for hydroxylation is 9. The molecule has 2 atom stereocenters. The Balaban J connectivity index is 1.08. The Morgan fingerprint density at radius 1 is 0.237 bits per heavy atom. The third-order valence-electron chi connectivity index (χ3n) is 14.3. The molecule has 0 amide bonds. The van der Waals surface area contributed by atoms with Crippen molar-refractivity contribution in [1.29, 1.82) is 0 Å². The lowest BCUT2D eigenvalue weighted by Crippen LogP contribution is -2.19. The zero-order chi connectivity index (χ0) is 54.2. The first-order chi connectivity index (χ1) is 36.4. The van der Waals surface area contributed by atoms with Crippen molar-refractivity contribution in [2.45, 2.75) is 83.0 Å². The molecular formula is C62H62O14. The van der Waals surface area contributed by atoms with Crippen molar-refractivity contribution >= 4 is 0 Å². The van der Waals surface area contributed by atoms with Crippen molar-refractivity contribution < 1.29 is 71.5 Å². The molecular weight excluding hydrogens is 969 g/mol. The summed E-state index contributed by atoms with van der Waals surface area (Å²) in [6.07, 6.45) is 6.17. The summed E-state index contributed by atoms with van der Waals surface area (Å²) in [5.41, 5.74) is 9.72. The Labute approximate surface area is 439 Å². The van der Waals surface area contributed by atoms with Crippen molar-refractivity contribution in [2.24, 2.45) is 5.92 Å². The molecule has 0 radical (unpaired) electrons. The largest absolute Gasteiger partial charge is 0.508 e. The van der Waals surface area contributed by atoms with Gasteiger partial charge in [0.1, 0.15) is 11.5 Å². The summed E-state index contributed by atoms with van der Waals surface area (Å²) in [7, 11) is 0. The summed E-state index contributed by atoms with van der Waals surface area (Å²) in [5.74, 6) is -5.66. The van der Waals surface area contributed by atoms with Crippen LogP contribution in [0, 0.1) is 5.92 Å². The third kappa shape index (κ3) is 13.2. The Bertz CT molecular complexity index is 3240. The normalized spacial score (nSPS) is 12.2. The zero-order valence-corrected chi connectivity index (χ0v) is 41.6. The van der Waals surface area contributed by atoms with Gasteiger partial charge in [0.05, 0.1) is 0 Å². The Morgan fingerprint density at radius 2 is 0.500 bits per heavy atom. The summed E-state index contributed by atoms with van der Waals surface area (Å²) >= 11 is 0. The summed E-state index contributed by atoms with van der Waals surface area (Å²) in [4.78, 5) is 0. The first-order valence-corrected chi connectivity index (χ1v) is 25.1. The van der Waals surface area contributed by atoms with Gasteiger partial charge in [-0.15, -0.1) is 0 Å². The average molecular weight is 1030 g/mol. The van der Waals surface area contributed by atoms with Crippen LogP contribution in [0.3, 0.4) is 0 Å². The molecule has 0 aromatic heterocycles. The fraction of sp³-hybridized carbons (Fsp3) is 0.226. The van der Waals surface area contributed by atoms with Gasteiger partial charge in [0.25, 0.3) is 0 Å². The Kier molecular flexibility index (Phi) is 16.4. The van der Waals surface area contributed by atoms with Crippen LogP contribution in [-0.4, -0.2) is 71.5 Å². The SMILES string of the molecule is Oc1cc(C[C@@H](CCc2ccc(CCc3cc(O)c(O)c(O)c3)cc2)[C@@H](Cc2ccc(CCc3cc(O)c(O)c(O)c3)c(O)c2)c2ccc(CCc3cc(O)c(O)c(O)c3)cc2)ccc1CCc1cc(O)c(O)c(O)c1. The van der Waals surface area contributed by atoms with Crippen LogP contribution in [0.2, 0.25) is 0 Å². The molecule has 8 aromatic carbocycles. The van der Waals surface area contributed by atoms with E-state index in [0.717, 1.165) is 33.4 Å². The molecule has 0 aliphatic heterocycles. The highest BCUT2D eigenvalue weighted by atomic mass is 16.3. The molecule has 76 heavy (non-hydrogen) atoms. The Hall–Kier alpha value is -9.04. The molecule has 0 aliphatic carbocycles. The molecule has 0 fully saturated rings. The lowest BCUT2D eigenvalue weighted by Gasteiger charge is -2.29. The van der Waals surface area contributed by atoms with Crippen LogP contribution in [0.5, 0.6) is 80.5 Å². The van der Waals surface area contributed by atoms with E-state index < -0.39 is 57.5 Å². The van der Waals surface area contributed by atoms with Gasteiger partial charge in [-0.05, 0) is 216 Å². The molecule has 394 valence electrons. The van der Waals surface area contributed by atoms with E-state index in [1.165, 1.54) is 48.5 Å². The van der Waals surface area contributed by atoms with Crippen LogP contribution < -0.4 is 0 Å². The van der Waals surface area contributed by atoms with Crippen molar-refractivity contribution in [2.75, 3.05) is 0 Å². The van der Waals surface area contributed by atoms with E-state index in [0.29, 0.717) is 110 Å². The maximum atomic E-state index is 11.5. The van der Waals surface area contributed by atoms with Gasteiger partial charge in [0.15, 0.2) is 69.0 Å². The maximum Gasteiger partial charge on any atom is 0.200 e. The number of benzene rings is 8. The number of phenols is 14. The summed E-state index contributed by atoms with van der Waals surface area (Å²) < 4.78 is 0. The minimum absolute atomic E-state index is 0.0480. The van der Waals surface area contributed by atoms with Crippen LogP contribution in [0.15, 0.2) is 133 Å². The van der Waals surface area contributed by atoms with E-state index in [2.05, 4.69) is 36.4 Å². The van der Waals surface area contributed by atoms with Gasteiger partial charge in [-0.2, -0.15) is 0 Å². The fourth-order valence-electron chi connectivity index (χ4n) is 9.97. The lowest BCUT2D eigenvalue weighted by atomic mass is 9.75. The minimum Gasteiger partial charge on any atom is -0.508 e. The van der Waals surface area contributed by atoms with E-state index in [4.69, 9.17) is 0 Å². The molecule has 14 N–H and O–H groups in total. The molecule has 8 rings (SSSR count). The van der Waals surface area contributed by atoms with Gasteiger partial charge in [-0.3, -0.25) is 0 Å². The van der Waals surface area contributed by atoms with E-state index in [-0.39, 0.29) is 34.8 Å². The molecule has 14 heteroatoms. The monoisotopic (exact) mass is 1030 g/mol. The number of phenolic OH excluding ortho intramolecular Hbond substituents is 14. The first-order valence-electron chi connectivity index (χ1n) is 25.1. The molecule has 8 aromatic rings. The van der Waals surface area contributed by atoms with Crippen LogP contribution in [0.25, 0.3) is 0 Å². The number of hydrogen-bond donors (Lipinski definition) is 14. The van der Waals surface area contributed by atoms with E-state index in [1.807, 2.05) is 36.4 Å². The lowest BCUT2D eigenvalue weighted by molar-refractivity contribution is 0.367. The predicted molar refractivity (Wildman–Crippen MR) is 286 cm³/mol. The van der Waals surface area contributed by atoms with Crippen molar-refractivity contribution in [3.63, 3.8) is 0 Å². The summed E-state index contributed by atoms with van der Waals surface area (Å²) in [6, 6.07) is 39.0. The number of hydrogen-bond acceptors (Lipinski definition) is 14. The highest BCUT2D eigenvalue weighted by Crippen LogP contribution is 2.41. The van der Waals surface area contributed by atoms with Gasteiger partial charge in [0.2, 0.25) is 0 Å². The quantitative estimate of drug-likeness (QED) is 0.0298. The zero-order valence-electron chi connectivity index (χ0n) is 41.6. The Morgan fingerprint density at radius 3 is 0.842 bits per heavy atom. The topological polar surface area (TPSA) is 283 Å². The van der Waals surface area contributed by atoms with Gasteiger partial charge >= 0.3 is 0 Å². The van der Waals surface area contributed by atoms with Crippen molar-refractivity contribution in [3.8, 4) is 80.5 Å².